The van der Waals surface area contributed by atoms with Crippen LogP contribution in [0.5, 0.6) is 0 Å². The van der Waals surface area contributed by atoms with E-state index in [1.54, 1.807) is 24.3 Å². The lowest BCUT2D eigenvalue weighted by Crippen LogP contribution is -2.59. The van der Waals surface area contributed by atoms with E-state index in [4.69, 9.17) is 11.6 Å². The Bertz CT molecular complexity index is 611. The fraction of sp³-hybridized carbons (Fsp3) is 0.400. The molecule has 1 aliphatic heterocycles. The van der Waals surface area contributed by atoms with Gasteiger partial charge in [0.1, 0.15) is 5.92 Å². The molecular formula is C15H15ClN2O3. The highest BCUT2D eigenvalue weighted by Crippen LogP contribution is 2.36. The van der Waals surface area contributed by atoms with Gasteiger partial charge < -0.3 is 0 Å². The lowest BCUT2D eigenvalue weighted by Gasteiger charge is -2.33. The van der Waals surface area contributed by atoms with Crippen LogP contribution in [0.4, 0.5) is 10.5 Å². The van der Waals surface area contributed by atoms with E-state index in [1.165, 1.54) is 0 Å². The smallest absolute Gasteiger partial charge is 0.277 e. The van der Waals surface area contributed by atoms with Crippen LogP contribution in [0.15, 0.2) is 24.3 Å². The van der Waals surface area contributed by atoms with E-state index in [1.807, 2.05) is 0 Å². The summed E-state index contributed by atoms with van der Waals surface area (Å²) in [6.45, 7) is 0. The van der Waals surface area contributed by atoms with Gasteiger partial charge in [0.25, 0.3) is 0 Å². The molecule has 4 amide bonds. The molecule has 6 heteroatoms. The average molecular weight is 307 g/mol. The monoisotopic (exact) mass is 306 g/mol. The predicted molar refractivity (Wildman–Crippen MR) is 77.9 cm³/mol. The van der Waals surface area contributed by atoms with E-state index in [0.29, 0.717) is 10.7 Å². The van der Waals surface area contributed by atoms with Crippen LogP contribution in [0.25, 0.3) is 0 Å². The first-order chi connectivity index (χ1) is 10.1. The maximum atomic E-state index is 12.7. The molecule has 0 radical (unpaired) electrons. The van der Waals surface area contributed by atoms with Crippen molar-refractivity contribution in [3.05, 3.63) is 29.3 Å². The minimum Gasteiger partial charge on any atom is -0.277 e. The van der Waals surface area contributed by atoms with Gasteiger partial charge in [-0.2, -0.15) is 0 Å². The van der Waals surface area contributed by atoms with Gasteiger partial charge in [0, 0.05) is 0 Å². The SMILES string of the molecule is O=C1NC(=O)N(c2ccccc2Cl)C(=O)C1C1CCCC1. The molecule has 1 atom stereocenters. The number of hydrogen-bond acceptors (Lipinski definition) is 3. The summed E-state index contributed by atoms with van der Waals surface area (Å²) in [4.78, 5) is 37.8. The molecule has 1 aromatic rings. The number of urea groups is 1. The van der Waals surface area contributed by atoms with Crippen LogP contribution >= 0.6 is 11.6 Å². The van der Waals surface area contributed by atoms with E-state index < -0.39 is 23.8 Å². The second kappa shape index (κ2) is 5.48. The number of para-hydroxylation sites is 1. The quantitative estimate of drug-likeness (QED) is 0.854. The molecule has 1 saturated heterocycles. The van der Waals surface area contributed by atoms with E-state index in [-0.39, 0.29) is 5.92 Å². The fourth-order valence-corrected chi connectivity index (χ4v) is 3.38. The summed E-state index contributed by atoms with van der Waals surface area (Å²) in [5.41, 5.74) is 0.317. The predicted octanol–water partition coefficient (Wildman–Crippen LogP) is 2.73. The van der Waals surface area contributed by atoms with Crippen molar-refractivity contribution in [3.8, 4) is 0 Å². The van der Waals surface area contributed by atoms with Gasteiger partial charge in [0.05, 0.1) is 10.7 Å². The zero-order valence-corrected chi connectivity index (χ0v) is 12.1. The van der Waals surface area contributed by atoms with Crippen LogP contribution in [0, 0.1) is 11.8 Å². The second-order valence-electron chi connectivity index (χ2n) is 5.44. The molecular weight excluding hydrogens is 292 g/mol. The highest BCUT2D eigenvalue weighted by atomic mass is 35.5. The van der Waals surface area contributed by atoms with Gasteiger partial charge >= 0.3 is 6.03 Å². The Balaban J connectivity index is 1.96. The van der Waals surface area contributed by atoms with Gasteiger partial charge in [0.2, 0.25) is 11.8 Å². The molecule has 1 unspecified atom stereocenters. The van der Waals surface area contributed by atoms with Crippen molar-refractivity contribution in [3.63, 3.8) is 0 Å². The van der Waals surface area contributed by atoms with Crippen molar-refractivity contribution < 1.29 is 14.4 Å². The lowest BCUT2D eigenvalue weighted by molar-refractivity contribution is -0.136. The van der Waals surface area contributed by atoms with Crippen molar-refractivity contribution in [1.29, 1.82) is 0 Å². The van der Waals surface area contributed by atoms with Crippen molar-refractivity contribution >= 4 is 35.1 Å². The largest absolute Gasteiger partial charge is 0.335 e. The van der Waals surface area contributed by atoms with Crippen LogP contribution in [0.1, 0.15) is 25.7 Å². The third kappa shape index (κ3) is 2.42. The average Bonchev–Trinajstić information content (AvgIpc) is 2.94. The molecule has 0 spiro atoms. The molecule has 1 heterocycles. The molecule has 110 valence electrons. The number of halogens is 1. The summed E-state index contributed by atoms with van der Waals surface area (Å²) >= 11 is 6.07. The van der Waals surface area contributed by atoms with Crippen molar-refractivity contribution in [2.75, 3.05) is 4.90 Å². The number of amides is 4. The number of imide groups is 2. The summed E-state index contributed by atoms with van der Waals surface area (Å²) in [7, 11) is 0. The highest BCUT2D eigenvalue weighted by Gasteiger charge is 2.46. The van der Waals surface area contributed by atoms with Gasteiger partial charge in [-0.1, -0.05) is 36.6 Å². The number of benzene rings is 1. The number of barbiturate groups is 1. The van der Waals surface area contributed by atoms with Gasteiger partial charge in [-0.15, -0.1) is 0 Å². The number of nitrogens with zero attached hydrogens (tertiary/aromatic N) is 1. The van der Waals surface area contributed by atoms with Crippen LogP contribution in [-0.2, 0) is 9.59 Å². The maximum absolute atomic E-state index is 12.7. The zero-order valence-electron chi connectivity index (χ0n) is 11.3. The first-order valence-corrected chi connectivity index (χ1v) is 7.40. The van der Waals surface area contributed by atoms with Gasteiger partial charge in [0.15, 0.2) is 0 Å². The third-order valence-corrected chi connectivity index (χ3v) is 4.49. The Hall–Kier alpha value is -1.88. The molecule has 5 nitrogen and oxygen atoms in total. The Morgan fingerprint density at radius 1 is 1.10 bits per heavy atom. The molecule has 2 fully saturated rings. The summed E-state index contributed by atoms with van der Waals surface area (Å²) in [6, 6.07) is 5.90. The van der Waals surface area contributed by atoms with E-state index in [0.717, 1.165) is 30.6 Å². The molecule has 0 bridgehead atoms. The van der Waals surface area contributed by atoms with Crippen molar-refractivity contribution in [2.24, 2.45) is 11.8 Å². The standard InChI is InChI=1S/C15H15ClN2O3/c16-10-7-3-4-8-11(10)18-14(20)12(9-5-1-2-6-9)13(19)17-15(18)21/h3-4,7-9,12H,1-2,5-6H2,(H,17,19,21). The number of carbonyl (C=O) groups excluding carboxylic acids is 3. The van der Waals surface area contributed by atoms with Gasteiger partial charge in [-0.3, -0.25) is 14.9 Å². The van der Waals surface area contributed by atoms with E-state index in [9.17, 15) is 14.4 Å². The number of nitrogens with one attached hydrogen (secondary N) is 1. The van der Waals surface area contributed by atoms with Crippen LogP contribution in [0.3, 0.4) is 0 Å². The Labute approximate surface area is 127 Å². The normalized spacial score (nSPS) is 23.6. The van der Waals surface area contributed by atoms with Gasteiger partial charge in [-0.05, 0) is 30.9 Å². The number of hydrogen-bond donors (Lipinski definition) is 1. The van der Waals surface area contributed by atoms with Crippen LogP contribution in [-0.4, -0.2) is 17.8 Å². The van der Waals surface area contributed by atoms with Gasteiger partial charge in [-0.25, -0.2) is 9.69 Å². The maximum Gasteiger partial charge on any atom is 0.335 e. The minimum atomic E-state index is -0.790. The first kappa shape index (κ1) is 14.1. The third-order valence-electron chi connectivity index (χ3n) is 4.17. The van der Waals surface area contributed by atoms with Crippen LogP contribution in [0.2, 0.25) is 5.02 Å². The second-order valence-corrected chi connectivity index (χ2v) is 5.85. The molecule has 1 N–H and O–H groups in total. The molecule has 3 rings (SSSR count). The van der Waals surface area contributed by atoms with E-state index in [2.05, 4.69) is 5.32 Å². The number of rotatable bonds is 2. The summed E-state index contributed by atoms with van der Waals surface area (Å²) in [5.74, 6) is -1.74. The van der Waals surface area contributed by atoms with Crippen molar-refractivity contribution in [2.45, 2.75) is 25.7 Å². The molecule has 1 saturated carbocycles. The zero-order chi connectivity index (χ0) is 15.0. The Morgan fingerprint density at radius 2 is 1.76 bits per heavy atom. The number of carbonyl (C=O) groups is 3. The first-order valence-electron chi connectivity index (χ1n) is 7.03. The van der Waals surface area contributed by atoms with Crippen LogP contribution < -0.4 is 10.2 Å². The summed E-state index contributed by atoms with van der Waals surface area (Å²) in [5, 5.41) is 2.59. The Kier molecular flexibility index (Phi) is 3.68. The summed E-state index contributed by atoms with van der Waals surface area (Å²) in [6.07, 6.45) is 3.71. The molecule has 2 aliphatic rings. The Morgan fingerprint density at radius 3 is 2.43 bits per heavy atom. The molecule has 21 heavy (non-hydrogen) atoms. The molecule has 0 aromatic heterocycles. The lowest BCUT2D eigenvalue weighted by atomic mass is 9.87. The molecule has 1 aromatic carbocycles. The van der Waals surface area contributed by atoms with E-state index >= 15 is 0 Å². The highest BCUT2D eigenvalue weighted by molar-refractivity contribution is 6.36. The number of anilines is 1. The molecule has 1 aliphatic carbocycles. The summed E-state index contributed by atoms with van der Waals surface area (Å²) < 4.78 is 0. The topological polar surface area (TPSA) is 66.5 Å². The minimum absolute atomic E-state index is 0.00980. The van der Waals surface area contributed by atoms with Crippen molar-refractivity contribution in [1.82, 2.24) is 5.32 Å². The fourth-order valence-electron chi connectivity index (χ4n) is 3.16.